The number of aromatic nitrogens is 2. The van der Waals surface area contributed by atoms with Gasteiger partial charge in [-0.05, 0) is 31.6 Å². The van der Waals surface area contributed by atoms with Crippen LogP contribution >= 0.6 is 0 Å². The zero-order valence-corrected chi connectivity index (χ0v) is 15.0. The topological polar surface area (TPSA) is 49.3 Å². The molecule has 1 atom stereocenters. The molecule has 0 bridgehead atoms. The molecule has 0 saturated carbocycles. The van der Waals surface area contributed by atoms with Gasteiger partial charge in [0.25, 0.3) is 0 Å². The third-order valence-electron chi connectivity index (χ3n) is 5.36. The molecule has 3 heterocycles. The zero-order valence-electron chi connectivity index (χ0n) is 15.0. The lowest BCUT2D eigenvalue weighted by Gasteiger charge is -2.28. The SMILES string of the molecule is CN1CCC(c2ncc3c(n2)CCN(C(=O)Cc2ccccc2F)C3)C1. The van der Waals surface area contributed by atoms with Crippen molar-refractivity contribution in [3.63, 3.8) is 0 Å². The number of halogens is 1. The highest BCUT2D eigenvalue weighted by Gasteiger charge is 2.27. The van der Waals surface area contributed by atoms with Gasteiger partial charge in [0.15, 0.2) is 0 Å². The molecule has 2 aromatic rings. The van der Waals surface area contributed by atoms with Crippen LogP contribution in [0.3, 0.4) is 0 Å². The van der Waals surface area contributed by atoms with Gasteiger partial charge in [-0.3, -0.25) is 4.79 Å². The van der Waals surface area contributed by atoms with Crippen LogP contribution in [0, 0.1) is 5.82 Å². The van der Waals surface area contributed by atoms with Crippen molar-refractivity contribution in [1.29, 1.82) is 0 Å². The molecule has 1 aromatic heterocycles. The van der Waals surface area contributed by atoms with Crippen LogP contribution in [0.5, 0.6) is 0 Å². The van der Waals surface area contributed by atoms with Crippen molar-refractivity contribution >= 4 is 5.91 Å². The normalized spacial score (nSPS) is 20.2. The molecule has 4 rings (SSSR count). The lowest BCUT2D eigenvalue weighted by molar-refractivity contribution is -0.131. The molecule has 1 unspecified atom stereocenters. The maximum absolute atomic E-state index is 13.8. The van der Waals surface area contributed by atoms with E-state index < -0.39 is 0 Å². The quantitative estimate of drug-likeness (QED) is 0.848. The average molecular weight is 354 g/mol. The molecule has 0 spiro atoms. The minimum Gasteiger partial charge on any atom is -0.338 e. The van der Waals surface area contributed by atoms with Crippen LogP contribution in [0.25, 0.3) is 0 Å². The molecular formula is C20H23FN4O. The van der Waals surface area contributed by atoms with Gasteiger partial charge in [0.2, 0.25) is 5.91 Å². The van der Waals surface area contributed by atoms with E-state index in [1.165, 1.54) is 6.07 Å². The standard InChI is InChI=1S/C20H23FN4O/c1-24-8-6-15(12-24)20-22-11-16-13-25(9-7-18(16)23-20)19(26)10-14-4-2-3-5-17(14)21/h2-5,11,15H,6-10,12-13H2,1H3. The Morgan fingerprint density at radius 3 is 2.92 bits per heavy atom. The third kappa shape index (κ3) is 3.46. The van der Waals surface area contributed by atoms with Crippen LogP contribution in [0.1, 0.15) is 35.0 Å². The second-order valence-electron chi connectivity index (χ2n) is 7.28. The maximum Gasteiger partial charge on any atom is 0.227 e. The minimum atomic E-state index is -0.326. The number of nitrogens with zero attached hydrogens (tertiary/aromatic N) is 4. The van der Waals surface area contributed by atoms with E-state index in [2.05, 4.69) is 16.9 Å². The molecule has 0 radical (unpaired) electrons. The highest BCUT2D eigenvalue weighted by Crippen LogP contribution is 2.25. The zero-order chi connectivity index (χ0) is 18.1. The first kappa shape index (κ1) is 17.1. The molecule has 6 heteroatoms. The van der Waals surface area contributed by atoms with E-state index in [1.54, 1.807) is 23.1 Å². The van der Waals surface area contributed by atoms with Gasteiger partial charge in [0.05, 0.1) is 12.1 Å². The molecular weight excluding hydrogens is 331 g/mol. The Morgan fingerprint density at radius 1 is 1.31 bits per heavy atom. The molecule has 5 nitrogen and oxygen atoms in total. The highest BCUT2D eigenvalue weighted by molar-refractivity contribution is 5.79. The van der Waals surface area contributed by atoms with Crippen LogP contribution in [-0.4, -0.2) is 52.4 Å². The molecule has 0 N–H and O–H groups in total. The molecule has 1 amide bonds. The van der Waals surface area contributed by atoms with Crippen molar-refractivity contribution in [2.75, 3.05) is 26.7 Å². The Balaban J connectivity index is 1.44. The van der Waals surface area contributed by atoms with Gasteiger partial charge < -0.3 is 9.80 Å². The monoisotopic (exact) mass is 354 g/mol. The number of rotatable bonds is 3. The summed E-state index contributed by atoms with van der Waals surface area (Å²) in [5.41, 5.74) is 2.51. The summed E-state index contributed by atoms with van der Waals surface area (Å²) in [6.07, 6.45) is 3.80. The second-order valence-corrected chi connectivity index (χ2v) is 7.28. The summed E-state index contributed by atoms with van der Waals surface area (Å²) in [6, 6.07) is 6.45. The van der Waals surface area contributed by atoms with E-state index in [-0.39, 0.29) is 18.1 Å². The first-order valence-electron chi connectivity index (χ1n) is 9.14. The average Bonchev–Trinajstić information content (AvgIpc) is 3.09. The molecule has 26 heavy (non-hydrogen) atoms. The number of likely N-dealkylation sites (N-methyl/N-ethyl adjacent to an activating group) is 1. The highest BCUT2D eigenvalue weighted by atomic mass is 19.1. The number of carbonyl (C=O) groups is 1. The van der Waals surface area contributed by atoms with E-state index in [0.29, 0.717) is 24.6 Å². The van der Waals surface area contributed by atoms with E-state index in [9.17, 15) is 9.18 Å². The fraction of sp³-hybridized carbons (Fsp3) is 0.450. The minimum absolute atomic E-state index is 0.0535. The summed E-state index contributed by atoms with van der Waals surface area (Å²) in [4.78, 5) is 26.0. The lowest BCUT2D eigenvalue weighted by atomic mass is 10.0. The van der Waals surface area contributed by atoms with Crippen LogP contribution in [0.2, 0.25) is 0 Å². The number of hydrogen-bond acceptors (Lipinski definition) is 4. The summed E-state index contributed by atoms with van der Waals surface area (Å²) in [7, 11) is 2.12. The van der Waals surface area contributed by atoms with Gasteiger partial charge in [-0.2, -0.15) is 0 Å². The molecule has 0 aliphatic carbocycles. The Hall–Kier alpha value is -2.34. The van der Waals surface area contributed by atoms with Crippen molar-refractivity contribution in [1.82, 2.24) is 19.8 Å². The van der Waals surface area contributed by atoms with Crippen molar-refractivity contribution in [3.05, 3.63) is 58.9 Å². The van der Waals surface area contributed by atoms with Gasteiger partial charge >= 0.3 is 0 Å². The summed E-state index contributed by atoms with van der Waals surface area (Å²) in [5, 5.41) is 0. The molecule has 1 aromatic carbocycles. The summed E-state index contributed by atoms with van der Waals surface area (Å²) >= 11 is 0. The number of benzene rings is 1. The van der Waals surface area contributed by atoms with Gasteiger partial charge in [0, 0.05) is 43.7 Å². The van der Waals surface area contributed by atoms with Gasteiger partial charge in [-0.15, -0.1) is 0 Å². The number of amides is 1. The fourth-order valence-corrected chi connectivity index (χ4v) is 3.80. The number of carbonyl (C=O) groups excluding carboxylic acids is 1. The predicted molar refractivity (Wildman–Crippen MR) is 96.1 cm³/mol. The van der Waals surface area contributed by atoms with Gasteiger partial charge in [0.1, 0.15) is 11.6 Å². The molecule has 1 fully saturated rings. The van der Waals surface area contributed by atoms with Crippen LogP contribution < -0.4 is 0 Å². The number of hydrogen-bond donors (Lipinski definition) is 0. The largest absolute Gasteiger partial charge is 0.338 e. The van der Waals surface area contributed by atoms with Crippen molar-refractivity contribution < 1.29 is 9.18 Å². The first-order chi connectivity index (χ1) is 12.6. The number of likely N-dealkylation sites (tertiary alicyclic amines) is 1. The summed E-state index contributed by atoms with van der Waals surface area (Å²) < 4.78 is 13.8. The third-order valence-corrected chi connectivity index (χ3v) is 5.36. The van der Waals surface area contributed by atoms with Crippen molar-refractivity contribution in [2.24, 2.45) is 0 Å². The summed E-state index contributed by atoms with van der Waals surface area (Å²) in [6.45, 7) is 3.23. The maximum atomic E-state index is 13.8. The van der Waals surface area contributed by atoms with Crippen molar-refractivity contribution in [2.45, 2.75) is 31.7 Å². The first-order valence-corrected chi connectivity index (χ1v) is 9.14. The molecule has 2 aliphatic rings. The molecule has 2 aliphatic heterocycles. The fourth-order valence-electron chi connectivity index (χ4n) is 3.80. The Morgan fingerprint density at radius 2 is 2.15 bits per heavy atom. The molecule has 1 saturated heterocycles. The van der Waals surface area contributed by atoms with Crippen molar-refractivity contribution in [3.8, 4) is 0 Å². The number of fused-ring (bicyclic) bond motifs is 1. The smallest absolute Gasteiger partial charge is 0.227 e. The molecule has 136 valence electrons. The lowest BCUT2D eigenvalue weighted by Crippen LogP contribution is -2.37. The predicted octanol–water partition coefficient (Wildman–Crippen LogP) is 2.16. The Labute approximate surface area is 152 Å². The van der Waals surface area contributed by atoms with Gasteiger partial charge in [-0.1, -0.05) is 18.2 Å². The van der Waals surface area contributed by atoms with E-state index in [1.807, 2.05) is 6.20 Å². The Kier molecular flexibility index (Phi) is 4.68. The Bertz CT molecular complexity index is 825. The summed E-state index contributed by atoms with van der Waals surface area (Å²) in [5.74, 6) is 0.959. The van der Waals surface area contributed by atoms with Crippen LogP contribution in [-0.2, 0) is 24.2 Å². The van der Waals surface area contributed by atoms with E-state index in [4.69, 9.17) is 4.98 Å². The van der Waals surface area contributed by atoms with E-state index >= 15 is 0 Å². The van der Waals surface area contributed by atoms with Crippen LogP contribution in [0.15, 0.2) is 30.5 Å². The second kappa shape index (κ2) is 7.11. The van der Waals surface area contributed by atoms with Gasteiger partial charge in [-0.25, -0.2) is 14.4 Å². The van der Waals surface area contributed by atoms with E-state index in [0.717, 1.165) is 43.0 Å². The van der Waals surface area contributed by atoms with Crippen LogP contribution in [0.4, 0.5) is 4.39 Å².